The molecular formula is C64H108O6. The Morgan fingerprint density at radius 2 is 0.557 bits per heavy atom. The molecule has 70 heavy (non-hydrogen) atoms. The highest BCUT2D eigenvalue weighted by Crippen LogP contribution is 2.16. The van der Waals surface area contributed by atoms with Gasteiger partial charge >= 0.3 is 17.9 Å². The molecule has 0 heterocycles. The number of hydrogen-bond donors (Lipinski definition) is 0. The van der Waals surface area contributed by atoms with Crippen molar-refractivity contribution in [3.8, 4) is 0 Å². The van der Waals surface area contributed by atoms with Crippen LogP contribution >= 0.6 is 0 Å². The van der Waals surface area contributed by atoms with E-state index in [0.29, 0.717) is 19.3 Å². The van der Waals surface area contributed by atoms with Gasteiger partial charge in [0, 0.05) is 19.3 Å². The Labute approximate surface area is 432 Å². The fourth-order valence-corrected chi connectivity index (χ4v) is 7.98. The first-order valence-electron chi connectivity index (χ1n) is 29.2. The minimum atomic E-state index is -0.794. The van der Waals surface area contributed by atoms with Crippen LogP contribution in [-0.4, -0.2) is 37.2 Å². The van der Waals surface area contributed by atoms with Gasteiger partial charge in [0.05, 0.1) is 0 Å². The van der Waals surface area contributed by atoms with Crippen LogP contribution in [0.3, 0.4) is 0 Å². The van der Waals surface area contributed by atoms with Crippen molar-refractivity contribution in [2.75, 3.05) is 13.2 Å². The second-order valence-corrected chi connectivity index (χ2v) is 19.1. The van der Waals surface area contributed by atoms with Gasteiger partial charge < -0.3 is 14.2 Å². The predicted octanol–water partition coefficient (Wildman–Crippen LogP) is 19.7. The zero-order valence-electron chi connectivity index (χ0n) is 45.8. The first-order valence-corrected chi connectivity index (χ1v) is 29.2. The van der Waals surface area contributed by atoms with Gasteiger partial charge in [0.15, 0.2) is 6.10 Å². The maximum absolute atomic E-state index is 12.8. The number of ether oxygens (including phenoxy) is 3. The molecular weight excluding hydrogens is 865 g/mol. The van der Waals surface area contributed by atoms with Gasteiger partial charge in [-0.25, -0.2) is 0 Å². The average Bonchev–Trinajstić information content (AvgIpc) is 3.36. The van der Waals surface area contributed by atoms with Crippen molar-refractivity contribution in [3.05, 3.63) is 97.2 Å². The molecule has 0 aromatic carbocycles. The zero-order chi connectivity index (χ0) is 50.7. The summed E-state index contributed by atoms with van der Waals surface area (Å²) < 4.78 is 16.8. The second-order valence-electron chi connectivity index (χ2n) is 19.1. The number of unbranched alkanes of at least 4 members (excludes halogenated alkanes) is 25. The molecule has 0 saturated carbocycles. The van der Waals surface area contributed by atoms with E-state index in [9.17, 15) is 14.4 Å². The minimum absolute atomic E-state index is 0.0908. The third-order valence-corrected chi connectivity index (χ3v) is 12.3. The highest BCUT2D eigenvalue weighted by molar-refractivity contribution is 5.71. The van der Waals surface area contributed by atoms with Crippen molar-refractivity contribution in [2.24, 2.45) is 0 Å². The van der Waals surface area contributed by atoms with Gasteiger partial charge in [-0.15, -0.1) is 0 Å². The molecule has 0 aromatic heterocycles. The van der Waals surface area contributed by atoms with Crippen LogP contribution in [0.2, 0.25) is 0 Å². The Kier molecular flexibility index (Phi) is 54.9. The lowest BCUT2D eigenvalue weighted by atomic mass is 10.0. The van der Waals surface area contributed by atoms with Crippen LogP contribution in [0.1, 0.15) is 271 Å². The van der Waals surface area contributed by atoms with Crippen molar-refractivity contribution >= 4 is 17.9 Å². The van der Waals surface area contributed by atoms with Gasteiger partial charge in [-0.05, 0) is 109 Å². The molecule has 0 bridgehead atoms. The molecule has 6 nitrogen and oxygen atoms in total. The normalized spacial score (nSPS) is 12.8. The van der Waals surface area contributed by atoms with Gasteiger partial charge in [-0.3, -0.25) is 14.4 Å². The maximum atomic E-state index is 12.8. The van der Waals surface area contributed by atoms with E-state index < -0.39 is 6.10 Å². The van der Waals surface area contributed by atoms with Gasteiger partial charge in [-0.1, -0.05) is 240 Å². The quantitative estimate of drug-likeness (QED) is 0.0262. The lowest BCUT2D eigenvalue weighted by molar-refractivity contribution is -0.167. The zero-order valence-corrected chi connectivity index (χ0v) is 45.8. The topological polar surface area (TPSA) is 78.9 Å². The molecule has 0 aliphatic rings. The van der Waals surface area contributed by atoms with Crippen LogP contribution in [0.4, 0.5) is 0 Å². The highest BCUT2D eigenvalue weighted by atomic mass is 16.6. The van der Waals surface area contributed by atoms with Crippen molar-refractivity contribution in [3.63, 3.8) is 0 Å². The smallest absolute Gasteiger partial charge is 0.306 e. The highest BCUT2D eigenvalue weighted by Gasteiger charge is 2.19. The summed E-state index contributed by atoms with van der Waals surface area (Å²) in [4.78, 5) is 38.0. The van der Waals surface area contributed by atoms with Crippen LogP contribution in [-0.2, 0) is 28.6 Å². The fraction of sp³-hybridized carbons (Fsp3) is 0.703. The summed E-state index contributed by atoms with van der Waals surface area (Å²) >= 11 is 0. The molecule has 0 rings (SSSR count). The van der Waals surface area contributed by atoms with Crippen LogP contribution in [0.5, 0.6) is 0 Å². The van der Waals surface area contributed by atoms with E-state index in [4.69, 9.17) is 14.2 Å². The molecule has 0 spiro atoms. The number of rotatable bonds is 52. The number of carbonyl (C=O) groups excluding carboxylic acids is 3. The molecule has 6 heteroatoms. The van der Waals surface area contributed by atoms with E-state index in [1.807, 2.05) is 0 Å². The third-order valence-electron chi connectivity index (χ3n) is 12.3. The largest absolute Gasteiger partial charge is 0.462 e. The average molecular weight is 974 g/mol. The molecule has 1 atom stereocenters. The monoisotopic (exact) mass is 973 g/mol. The molecule has 0 aliphatic heterocycles. The van der Waals surface area contributed by atoms with Crippen molar-refractivity contribution in [1.29, 1.82) is 0 Å². The first-order chi connectivity index (χ1) is 34.5. The molecule has 0 amide bonds. The Balaban J connectivity index is 4.15. The van der Waals surface area contributed by atoms with E-state index >= 15 is 0 Å². The van der Waals surface area contributed by atoms with Gasteiger partial charge in [0.25, 0.3) is 0 Å². The van der Waals surface area contributed by atoms with E-state index in [0.717, 1.165) is 128 Å². The fourth-order valence-electron chi connectivity index (χ4n) is 7.98. The SMILES string of the molecule is CC/C=C\C/C=C\C/C=C\C/C=C\CCCCCCCCCCCCCCCCCCC(=O)OCC(COC(=O)CCCCCCC/C=C\CCC)OC(=O)CCCCC/C=C\C/C=C\C/C=C\CC. The number of esters is 3. The molecule has 0 fully saturated rings. The van der Waals surface area contributed by atoms with Crippen LogP contribution in [0.25, 0.3) is 0 Å². The first kappa shape index (κ1) is 66.3. The lowest BCUT2D eigenvalue weighted by Gasteiger charge is -2.18. The Bertz CT molecular complexity index is 1400. The molecule has 400 valence electrons. The molecule has 0 saturated heterocycles. The lowest BCUT2D eigenvalue weighted by Crippen LogP contribution is -2.30. The van der Waals surface area contributed by atoms with Crippen molar-refractivity contribution < 1.29 is 28.6 Å². The summed E-state index contributed by atoms with van der Waals surface area (Å²) in [6.45, 7) is 6.32. The Morgan fingerprint density at radius 1 is 0.300 bits per heavy atom. The summed E-state index contributed by atoms with van der Waals surface area (Å²) in [6.07, 6.45) is 77.1. The molecule has 1 unspecified atom stereocenters. The standard InChI is InChI=1S/C64H108O6/c1-4-7-10-13-16-19-22-24-25-26-27-28-29-30-31-32-33-34-35-36-37-38-39-41-42-45-48-51-54-57-63(66)69-60-61(59-68-62(65)56-53-50-47-44-21-18-15-12-9-6-3)70-64(67)58-55-52-49-46-43-40-23-20-17-14-11-8-5-2/h7-8,10-12,15-17,19-20,24-25,27-28,40,43,61H,4-6,9,13-14,18,21-23,26,29-39,41-42,44-60H2,1-3H3/b10-7-,11-8-,15-12-,19-16-,20-17-,25-24-,28-27-,43-40-. The molecule has 0 radical (unpaired) electrons. The summed E-state index contributed by atoms with van der Waals surface area (Å²) in [5.41, 5.74) is 0. The van der Waals surface area contributed by atoms with E-state index in [1.165, 1.54) is 103 Å². The number of hydrogen-bond acceptors (Lipinski definition) is 6. The van der Waals surface area contributed by atoms with Gasteiger partial charge in [0.2, 0.25) is 0 Å². The molecule has 0 aromatic rings. The summed E-state index contributed by atoms with van der Waals surface area (Å²) in [5, 5.41) is 0. The van der Waals surface area contributed by atoms with Crippen LogP contribution < -0.4 is 0 Å². The second kappa shape index (κ2) is 57.9. The van der Waals surface area contributed by atoms with E-state index in [1.54, 1.807) is 0 Å². The van der Waals surface area contributed by atoms with Crippen molar-refractivity contribution in [1.82, 2.24) is 0 Å². The Hall–Kier alpha value is -3.67. The molecule has 0 aliphatic carbocycles. The Morgan fingerprint density at radius 3 is 0.900 bits per heavy atom. The predicted molar refractivity (Wildman–Crippen MR) is 302 cm³/mol. The summed E-state index contributed by atoms with van der Waals surface area (Å²) in [7, 11) is 0. The minimum Gasteiger partial charge on any atom is -0.462 e. The molecule has 0 N–H and O–H groups in total. The van der Waals surface area contributed by atoms with Crippen molar-refractivity contribution in [2.45, 2.75) is 277 Å². The van der Waals surface area contributed by atoms with Crippen LogP contribution in [0, 0.1) is 0 Å². The van der Waals surface area contributed by atoms with E-state index in [2.05, 4.69) is 118 Å². The summed E-state index contributed by atoms with van der Waals surface area (Å²) in [5.74, 6) is -0.929. The maximum Gasteiger partial charge on any atom is 0.306 e. The van der Waals surface area contributed by atoms with Crippen LogP contribution in [0.15, 0.2) is 97.2 Å². The number of carbonyl (C=O) groups is 3. The van der Waals surface area contributed by atoms with Gasteiger partial charge in [0.1, 0.15) is 13.2 Å². The van der Waals surface area contributed by atoms with Gasteiger partial charge in [-0.2, -0.15) is 0 Å². The van der Waals surface area contributed by atoms with E-state index in [-0.39, 0.29) is 31.1 Å². The summed E-state index contributed by atoms with van der Waals surface area (Å²) in [6, 6.07) is 0. The number of allylic oxidation sites excluding steroid dienone is 16. The third kappa shape index (κ3) is 55.3.